The van der Waals surface area contributed by atoms with Gasteiger partial charge in [0, 0.05) is 18.7 Å². The van der Waals surface area contributed by atoms with Crippen LogP contribution in [0.2, 0.25) is 0 Å². The lowest BCUT2D eigenvalue weighted by molar-refractivity contribution is 0.0773. The van der Waals surface area contributed by atoms with Gasteiger partial charge in [-0.1, -0.05) is 19.1 Å². The van der Waals surface area contributed by atoms with Gasteiger partial charge in [-0.15, -0.1) is 0 Å². The number of hydrogen-bond donors (Lipinski definition) is 0. The van der Waals surface area contributed by atoms with Crippen LogP contribution in [-0.4, -0.2) is 23.9 Å². The van der Waals surface area contributed by atoms with Gasteiger partial charge in [0.05, 0.1) is 0 Å². The Morgan fingerprint density at radius 1 is 1.20 bits per heavy atom. The lowest BCUT2D eigenvalue weighted by Crippen LogP contribution is -2.30. The summed E-state index contributed by atoms with van der Waals surface area (Å²) in [5, 5.41) is 0. The molecule has 0 spiro atoms. The Hall–Kier alpha value is -1.31. The summed E-state index contributed by atoms with van der Waals surface area (Å²) < 4.78 is 0. The summed E-state index contributed by atoms with van der Waals surface area (Å²) in [6.45, 7) is 7.65. The molecular weight excluding hydrogens is 186 g/mol. The van der Waals surface area contributed by atoms with Gasteiger partial charge in [0.15, 0.2) is 0 Å². The number of benzene rings is 1. The molecule has 0 fully saturated rings. The molecule has 2 heteroatoms. The number of rotatable bonds is 4. The van der Waals surface area contributed by atoms with E-state index in [-0.39, 0.29) is 5.91 Å². The van der Waals surface area contributed by atoms with E-state index in [1.54, 1.807) is 0 Å². The predicted molar refractivity (Wildman–Crippen MR) is 63.1 cm³/mol. The first-order valence-corrected chi connectivity index (χ1v) is 5.61. The quantitative estimate of drug-likeness (QED) is 0.740. The van der Waals surface area contributed by atoms with E-state index in [4.69, 9.17) is 0 Å². The number of amides is 1. The standard InChI is InChI=1S/C13H19NO/c1-4-11-8-7-9-12(10-11)13(15)14(5-2)6-3/h7-10H,4-6H2,1-3H3. The minimum Gasteiger partial charge on any atom is -0.339 e. The Bertz CT molecular complexity index is 329. The monoisotopic (exact) mass is 205 g/mol. The summed E-state index contributed by atoms with van der Waals surface area (Å²) in [5.74, 6) is 0.135. The van der Waals surface area contributed by atoms with E-state index in [2.05, 4.69) is 13.0 Å². The molecule has 0 atom stereocenters. The maximum atomic E-state index is 12.0. The molecule has 1 aromatic carbocycles. The highest BCUT2D eigenvalue weighted by Crippen LogP contribution is 2.08. The minimum absolute atomic E-state index is 0.135. The first-order valence-electron chi connectivity index (χ1n) is 5.61. The third kappa shape index (κ3) is 2.82. The van der Waals surface area contributed by atoms with Gasteiger partial charge in [0.25, 0.3) is 5.91 Å². The molecule has 2 nitrogen and oxygen atoms in total. The molecule has 1 aromatic rings. The highest BCUT2D eigenvalue weighted by molar-refractivity contribution is 5.94. The Morgan fingerprint density at radius 2 is 1.87 bits per heavy atom. The summed E-state index contributed by atoms with van der Waals surface area (Å²) in [6, 6.07) is 7.88. The zero-order valence-corrected chi connectivity index (χ0v) is 9.79. The van der Waals surface area contributed by atoms with Crippen LogP contribution in [0.25, 0.3) is 0 Å². The second-order valence-electron chi connectivity index (χ2n) is 3.53. The molecular formula is C13H19NO. The third-order valence-corrected chi connectivity index (χ3v) is 2.63. The topological polar surface area (TPSA) is 20.3 Å². The van der Waals surface area contributed by atoms with Crippen molar-refractivity contribution in [2.75, 3.05) is 13.1 Å². The van der Waals surface area contributed by atoms with Crippen molar-refractivity contribution in [2.45, 2.75) is 27.2 Å². The average Bonchev–Trinajstić information content (AvgIpc) is 2.30. The predicted octanol–water partition coefficient (Wildman–Crippen LogP) is 2.73. The van der Waals surface area contributed by atoms with Crippen molar-refractivity contribution in [3.05, 3.63) is 35.4 Å². The van der Waals surface area contributed by atoms with Gasteiger partial charge in [-0.3, -0.25) is 4.79 Å². The van der Waals surface area contributed by atoms with Crippen molar-refractivity contribution in [3.8, 4) is 0 Å². The van der Waals surface area contributed by atoms with Crippen molar-refractivity contribution in [1.29, 1.82) is 0 Å². The number of hydrogen-bond acceptors (Lipinski definition) is 1. The maximum Gasteiger partial charge on any atom is 0.253 e. The summed E-state index contributed by atoms with van der Waals surface area (Å²) in [4.78, 5) is 13.8. The molecule has 0 aliphatic rings. The lowest BCUT2D eigenvalue weighted by atomic mass is 10.1. The number of carbonyl (C=O) groups is 1. The third-order valence-electron chi connectivity index (χ3n) is 2.63. The molecule has 0 aliphatic carbocycles. The molecule has 0 saturated heterocycles. The van der Waals surface area contributed by atoms with Crippen molar-refractivity contribution < 1.29 is 4.79 Å². The van der Waals surface area contributed by atoms with E-state index < -0.39 is 0 Å². The molecule has 0 aliphatic heterocycles. The fourth-order valence-corrected chi connectivity index (χ4v) is 1.62. The van der Waals surface area contributed by atoms with Crippen molar-refractivity contribution in [2.24, 2.45) is 0 Å². The molecule has 0 saturated carbocycles. The number of aryl methyl sites for hydroxylation is 1. The molecule has 0 N–H and O–H groups in total. The molecule has 15 heavy (non-hydrogen) atoms. The number of nitrogens with zero attached hydrogens (tertiary/aromatic N) is 1. The van der Waals surface area contributed by atoms with Gasteiger partial charge < -0.3 is 4.90 Å². The first kappa shape index (κ1) is 11.8. The van der Waals surface area contributed by atoms with Crippen LogP contribution >= 0.6 is 0 Å². The van der Waals surface area contributed by atoms with Gasteiger partial charge in [-0.05, 0) is 38.0 Å². The van der Waals surface area contributed by atoms with Crippen LogP contribution in [0.15, 0.2) is 24.3 Å². The summed E-state index contributed by atoms with van der Waals surface area (Å²) in [5.41, 5.74) is 2.02. The van der Waals surface area contributed by atoms with Crippen LogP contribution in [0.3, 0.4) is 0 Å². The van der Waals surface area contributed by atoms with Crippen LogP contribution in [0, 0.1) is 0 Å². The maximum absolute atomic E-state index is 12.0. The van der Waals surface area contributed by atoms with Gasteiger partial charge in [-0.2, -0.15) is 0 Å². The van der Waals surface area contributed by atoms with E-state index in [1.807, 2.05) is 36.9 Å². The van der Waals surface area contributed by atoms with E-state index in [9.17, 15) is 4.79 Å². The van der Waals surface area contributed by atoms with Crippen molar-refractivity contribution >= 4 is 5.91 Å². The van der Waals surface area contributed by atoms with E-state index in [0.29, 0.717) is 0 Å². The molecule has 1 rings (SSSR count). The fourth-order valence-electron chi connectivity index (χ4n) is 1.62. The van der Waals surface area contributed by atoms with Gasteiger partial charge >= 0.3 is 0 Å². The Labute approximate surface area is 91.9 Å². The van der Waals surface area contributed by atoms with Gasteiger partial charge in [0.2, 0.25) is 0 Å². The zero-order valence-electron chi connectivity index (χ0n) is 9.79. The molecule has 0 unspecified atom stereocenters. The Balaban J connectivity index is 2.90. The van der Waals surface area contributed by atoms with E-state index >= 15 is 0 Å². The molecule has 1 amide bonds. The molecule has 0 radical (unpaired) electrons. The second kappa shape index (κ2) is 5.54. The van der Waals surface area contributed by atoms with Gasteiger partial charge in [-0.25, -0.2) is 0 Å². The lowest BCUT2D eigenvalue weighted by Gasteiger charge is -2.18. The SMILES string of the molecule is CCc1cccc(C(=O)N(CC)CC)c1. The first-order chi connectivity index (χ1) is 7.22. The molecule has 0 bridgehead atoms. The largest absolute Gasteiger partial charge is 0.339 e. The molecule has 82 valence electrons. The molecule has 0 aromatic heterocycles. The average molecular weight is 205 g/mol. The minimum atomic E-state index is 0.135. The van der Waals surface area contributed by atoms with Crippen LogP contribution in [0.1, 0.15) is 36.7 Å². The van der Waals surface area contributed by atoms with Crippen molar-refractivity contribution in [1.82, 2.24) is 4.90 Å². The van der Waals surface area contributed by atoms with Crippen LogP contribution in [0.5, 0.6) is 0 Å². The molecule has 0 heterocycles. The summed E-state index contributed by atoms with van der Waals surface area (Å²) >= 11 is 0. The van der Waals surface area contributed by atoms with Crippen molar-refractivity contribution in [3.63, 3.8) is 0 Å². The fraction of sp³-hybridized carbons (Fsp3) is 0.462. The Kier molecular flexibility index (Phi) is 4.35. The van der Waals surface area contributed by atoms with Crippen LogP contribution < -0.4 is 0 Å². The normalized spacial score (nSPS) is 10.1. The smallest absolute Gasteiger partial charge is 0.253 e. The second-order valence-corrected chi connectivity index (χ2v) is 3.53. The van der Waals surface area contributed by atoms with Crippen LogP contribution in [-0.2, 0) is 6.42 Å². The number of carbonyl (C=O) groups excluding carboxylic acids is 1. The zero-order chi connectivity index (χ0) is 11.3. The van der Waals surface area contributed by atoms with Gasteiger partial charge in [0.1, 0.15) is 0 Å². The van der Waals surface area contributed by atoms with E-state index in [1.165, 1.54) is 5.56 Å². The highest BCUT2D eigenvalue weighted by atomic mass is 16.2. The van der Waals surface area contributed by atoms with E-state index in [0.717, 1.165) is 25.1 Å². The summed E-state index contributed by atoms with van der Waals surface area (Å²) in [7, 11) is 0. The summed E-state index contributed by atoms with van der Waals surface area (Å²) in [6.07, 6.45) is 0.972. The van der Waals surface area contributed by atoms with Crippen LogP contribution in [0.4, 0.5) is 0 Å². The highest BCUT2D eigenvalue weighted by Gasteiger charge is 2.11. The Morgan fingerprint density at radius 3 is 2.40 bits per heavy atom.